The molecule has 0 aromatic carbocycles. The van der Waals surface area contributed by atoms with Gasteiger partial charge in [0.05, 0.1) is 17.6 Å². The number of hydrogen-bond donors (Lipinski definition) is 1. The number of aryl methyl sites for hydroxylation is 2. The lowest BCUT2D eigenvalue weighted by atomic mass is 10.3. The Morgan fingerprint density at radius 1 is 1.40 bits per heavy atom. The zero-order chi connectivity index (χ0) is 11.2. The van der Waals surface area contributed by atoms with Crippen molar-refractivity contribution in [2.75, 3.05) is 0 Å². The Bertz CT molecular complexity index is 631. The summed E-state index contributed by atoms with van der Waals surface area (Å²) in [7, 11) is -4.14. The van der Waals surface area contributed by atoms with Crippen molar-refractivity contribution in [1.82, 2.24) is 4.98 Å². The predicted molar refractivity (Wildman–Crippen MR) is 54.6 cm³/mol. The molecule has 2 aromatic heterocycles. The molecule has 5 nitrogen and oxygen atoms in total. The third-order valence-electron chi connectivity index (χ3n) is 1.92. The van der Waals surface area contributed by atoms with Crippen LogP contribution in [0.1, 0.15) is 11.4 Å². The molecule has 0 unspecified atom stereocenters. The number of fused-ring (bicyclic) bond motifs is 1. The zero-order valence-corrected chi connectivity index (χ0v) is 9.76. The summed E-state index contributed by atoms with van der Waals surface area (Å²) in [5, 5.41) is 0. The van der Waals surface area contributed by atoms with Crippen LogP contribution in [0.15, 0.2) is 16.3 Å². The van der Waals surface area contributed by atoms with Crippen molar-refractivity contribution < 1.29 is 16.8 Å². The minimum atomic E-state index is -4.14. The molecule has 80 valence electrons. The first-order chi connectivity index (χ1) is 6.88. The smallest absolute Gasteiger partial charge is 0.281 e. The molecule has 1 N–H and O–H groups in total. The Balaban J connectivity index is 2.82. The summed E-state index contributed by atoms with van der Waals surface area (Å²) in [5.74, 6) is 0. The lowest BCUT2D eigenvalue weighted by Gasteiger charge is -1.88. The van der Waals surface area contributed by atoms with Gasteiger partial charge in [-0.2, -0.15) is 8.42 Å². The maximum absolute atomic E-state index is 10.9. The monoisotopic (exact) mass is 245 g/mol. The van der Waals surface area contributed by atoms with E-state index in [0.29, 0.717) is 5.65 Å². The molecule has 0 aliphatic rings. The van der Waals surface area contributed by atoms with Gasteiger partial charge in [-0.05, 0) is 11.9 Å². The summed E-state index contributed by atoms with van der Waals surface area (Å²) < 4.78 is 32.3. The lowest BCUT2D eigenvalue weighted by molar-refractivity contribution is -0.444. The highest BCUT2D eigenvalue weighted by molar-refractivity contribution is 7.87. The van der Waals surface area contributed by atoms with Gasteiger partial charge in [0.25, 0.3) is 0 Å². The fraction of sp³-hybridized carbons (Fsp3) is 0.250. The third-order valence-corrected chi connectivity index (χ3v) is 4.36. The Kier molecular flexibility index (Phi) is 2.25. The van der Waals surface area contributed by atoms with Gasteiger partial charge in [0.2, 0.25) is 0 Å². The van der Waals surface area contributed by atoms with E-state index < -0.39 is 10.1 Å². The van der Waals surface area contributed by atoms with Gasteiger partial charge in [-0.1, -0.05) is 0 Å². The molecule has 2 aromatic rings. The summed E-state index contributed by atoms with van der Waals surface area (Å²) >= 11 is 0.956. The zero-order valence-electron chi connectivity index (χ0n) is 8.13. The Morgan fingerprint density at radius 2 is 2.07 bits per heavy atom. The van der Waals surface area contributed by atoms with Gasteiger partial charge in [-0.15, -0.1) is 3.79 Å². The van der Waals surface area contributed by atoms with Crippen molar-refractivity contribution >= 4 is 27.3 Å². The predicted octanol–water partition coefficient (Wildman–Crippen LogP) is 0.745. The minimum absolute atomic E-state index is 0.0938. The molecule has 0 bridgehead atoms. The first-order valence-electron chi connectivity index (χ1n) is 4.16. The maximum Gasteiger partial charge on any atom is 0.341 e. The molecule has 0 amide bonds. The van der Waals surface area contributed by atoms with Crippen molar-refractivity contribution in [3.63, 3.8) is 0 Å². The van der Waals surface area contributed by atoms with Crippen LogP contribution in [-0.2, 0) is 10.1 Å². The lowest BCUT2D eigenvalue weighted by Crippen LogP contribution is -2.21. The number of hydrogen-bond acceptors (Lipinski definition) is 4. The molecule has 0 fully saturated rings. The first-order valence-corrected chi connectivity index (χ1v) is 6.37. The van der Waals surface area contributed by atoms with E-state index in [4.69, 9.17) is 4.55 Å². The van der Waals surface area contributed by atoms with Crippen LogP contribution in [0.25, 0.3) is 5.65 Å². The van der Waals surface area contributed by atoms with Crippen LogP contribution < -0.4 is 3.79 Å². The van der Waals surface area contributed by atoms with E-state index in [1.54, 1.807) is 3.79 Å². The molecule has 15 heavy (non-hydrogen) atoms. The molecule has 2 rings (SSSR count). The van der Waals surface area contributed by atoms with E-state index in [1.807, 2.05) is 19.9 Å². The van der Waals surface area contributed by atoms with Gasteiger partial charge < -0.3 is 0 Å². The van der Waals surface area contributed by atoms with Crippen LogP contribution >= 0.6 is 11.5 Å². The Hall–Kier alpha value is -1.05. The molecule has 0 saturated carbocycles. The highest BCUT2D eigenvalue weighted by Gasteiger charge is 2.21. The molecular weight excluding hydrogens is 236 g/mol. The molecule has 0 aliphatic carbocycles. The highest BCUT2D eigenvalue weighted by Crippen LogP contribution is 2.15. The van der Waals surface area contributed by atoms with Gasteiger partial charge in [-0.25, -0.2) is 0 Å². The van der Waals surface area contributed by atoms with E-state index in [-0.39, 0.29) is 4.21 Å². The third kappa shape index (κ3) is 1.85. The fourth-order valence-corrected chi connectivity index (χ4v) is 2.93. The van der Waals surface area contributed by atoms with Gasteiger partial charge in [0.15, 0.2) is 9.90 Å². The van der Waals surface area contributed by atoms with E-state index in [2.05, 4.69) is 4.98 Å². The molecule has 0 saturated heterocycles. The minimum Gasteiger partial charge on any atom is -0.281 e. The van der Waals surface area contributed by atoms with Crippen molar-refractivity contribution in [1.29, 1.82) is 0 Å². The summed E-state index contributed by atoms with van der Waals surface area (Å²) in [6.45, 7) is 3.68. The summed E-state index contributed by atoms with van der Waals surface area (Å²) in [6, 6.07) is 3.21. The topological polar surface area (TPSA) is 71.4 Å². The Morgan fingerprint density at radius 3 is 2.67 bits per heavy atom. The van der Waals surface area contributed by atoms with Crippen molar-refractivity contribution in [2.24, 2.45) is 0 Å². The van der Waals surface area contributed by atoms with Crippen molar-refractivity contribution in [3.8, 4) is 0 Å². The second kappa shape index (κ2) is 3.22. The molecule has 0 aliphatic heterocycles. The van der Waals surface area contributed by atoms with Gasteiger partial charge in [0.1, 0.15) is 5.69 Å². The van der Waals surface area contributed by atoms with Gasteiger partial charge in [-0.3, -0.25) is 4.55 Å². The van der Waals surface area contributed by atoms with Crippen LogP contribution in [0.4, 0.5) is 0 Å². The SMILES string of the molecule is Cc1cc(C)[n+]2sc(S(=O)(=O)O)cc2n1. The van der Waals surface area contributed by atoms with E-state index in [0.717, 1.165) is 22.9 Å². The quantitative estimate of drug-likeness (QED) is 0.594. The van der Waals surface area contributed by atoms with E-state index in [9.17, 15) is 8.42 Å². The average Bonchev–Trinajstić information content (AvgIpc) is 2.46. The Labute approximate surface area is 90.9 Å². The molecule has 2 heterocycles. The standard InChI is InChI=1S/C8H8N2O3S2/c1-5-3-6(2)10-7(9-5)4-8(14-10)15(11,12)13/h3-4H,1-2H3/p+1. The second-order valence-corrected chi connectivity index (χ2v) is 5.86. The molecule has 7 heteroatoms. The van der Waals surface area contributed by atoms with E-state index in [1.165, 1.54) is 6.07 Å². The average molecular weight is 245 g/mol. The van der Waals surface area contributed by atoms with Crippen LogP contribution in [0, 0.1) is 13.8 Å². The van der Waals surface area contributed by atoms with Crippen molar-refractivity contribution in [2.45, 2.75) is 18.1 Å². The molecule has 0 radical (unpaired) electrons. The number of rotatable bonds is 1. The second-order valence-electron chi connectivity index (χ2n) is 3.22. The number of nitrogens with zero attached hydrogens (tertiary/aromatic N) is 2. The maximum atomic E-state index is 10.9. The molecular formula is C8H9N2O3S2+. The highest BCUT2D eigenvalue weighted by atomic mass is 32.3. The number of aromatic nitrogens is 2. The molecule has 0 atom stereocenters. The van der Waals surface area contributed by atoms with Crippen LogP contribution in [0.5, 0.6) is 0 Å². The normalized spacial score (nSPS) is 12.2. The summed E-state index contributed by atoms with van der Waals surface area (Å²) in [6.07, 6.45) is 0. The fourth-order valence-electron chi connectivity index (χ4n) is 1.35. The van der Waals surface area contributed by atoms with E-state index >= 15 is 0 Å². The van der Waals surface area contributed by atoms with Crippen molar-refractivity contribution in [3.05, 3.63) is 23.5 Å². The summed E-state index contributed by atoms with van der Waals surface area (Å²) in [5.41, 5.74) is 2.23. The van der Waals surface area contributed by atoms with Gasteiger partial charge >= 0.3 is 15.8 Å². The largest absolute Gasteiger partial charge is 0.341 e. The summed E-state index contributed by atoms with van der Waals surface area (Å²) in [4.78, 5) is 4.17. The van der Waals surface area contributed by atoms with Crippen LogP contribution in [-0.4, -0.2) is 18.0 Å². The molecule has 0 spiro atoms. The van der Waals surface area contributed by atoms with Crippen LogP contribution in [0.2, 0.25) is 0 Å². The first kappa shape index (κ1) is 10.5. The van der Waals surface area contributed by atoms with Gasteiger partial charge in [0, 0.05) is 13.0 Å². The van der Waals surface area contributed by atoms with Crippen LogP contribution in [0.3, 0.4) is 0 Å².